The van der Waals surface area contributed by atoms with E-state index in [1.165, 1.54) is 12.8 Å². The molecule has 8 heteroatoms. The zero-order valence-electron chi connectivity index (χ0n) is 14.9. The fourth-order valence-electron chi connectivity index (χ4n) is 2.85. The van der Waals surface area contributed by atoms with Crippen molar-refractivity contribution in [2.24, 2.45) is 16.8 Å². The summed E-state index contributed by atoms with van der Waals surface area (Å²) >= 11 is 0. The van der Waals surface area contributed by atoms with Crippen LogP contribution in [0.5, 0.6) is 0 Å². The molecule has 1 aliphatic heterocycles. The lowest BCUT2D eigenvalue weighted by molar-refractivity contribution is -0.173. The average molecular weight is 465 g/mol. The fourth-order valence-corrected chi connectivity index (χ4v) is 2.85. The van der Waals surface area contributed by atoms with Crippen molar-refractivity contribution in [1.29, 1.82) is 0 Å². The predicted octanol–water partition coefficient (Wildman–Crippen LogP) is 3.91. The number of hydrogen-bond donors (Lipinski definition) is 1. The van der Waals surface area contributed by atoms with Crippen molar-refractivity contribution in [3.63, 3.8) is 0 Å². The van der Waals surface area contributed by atoms with E-state index in [1.54, 1.807) is 0 Å². The first-order chi connectivity index (χ1) is 10.8. The summed E-state index contributed by atoms with van der Waals surface area (Å²) in [4.78, 5) is 6.77. The molecule has 1 rings (SSSR count). The van der Waals surface area contributed by atoms with E-state index in [1.807, 2.05) is 6.92 Å². The van der Waals surface area contributed by atoms with Gasteiger partial charge in [0.1, 0.15) is 6.61 Å². The molecule has 1 heterocycles. The molecule has 0 aromatic heterocycles. The molecule has 1 atom stereocenters. The molecule has 0 aliphatic carbocycles. The maximum atomic E-state index is 12.0. The standard InChI is InChI=1S/C16H30F3N3O.HI/c1-4-20-15(21-7-5-9-23-12-16(17,18)19)22-8-6-14(11-22)10-13(2)3;/h13-14H,4-12H2,1-3H3,(H,20,21);1H. The first-order valence-electron chi connectivity index (χ1n) is 8.49. The number of halogens is 4. The number of likely N-dealkylation sites (tertiary alicyclic amines) is 1. The summed E-state index contributed by atoms with van der Waals surface area (Å²) in [6, 6.07) is 0. The van der Waals surface area contributed by atoms with Crippen molar-refractivity contribution in [2.75, 3.05) is 39.4 Å². The van der Waals surface area contributed by atoms with Crippen LogP contribution in [0.2, 0.25) is 0 Å². The lowest BCUT2D eigenvalue weighted by Crippen LogP contribution is -2.40. The van der Waals surface area contributed by atoms with Gasteiger partial charge in [0.25, 0.3) is 0 Å². The minimum Gasteiger partial charge on any atom is -0.372 e. The Hall–Kier alpha value is -0.250. The molecule has 1 unspecified atom stereocenters. The highest BCUT2D eigenvalue weighted by molar-refractivity contribution is 14.0. The van der Waals surface area contributed by atoms with Crippen LogP contribution in [0.15, 0.2) is 4.99 Å². The Labute approximate surface area is 160 Å². The number of rotatable bonds is 8. The molecule has 0 bridgehead atoms. The third kappa shape index (κ3) is 10.6. The maximum absolute atomic E-state index is 12.0. The van der Waals surface area contributed by atoms with Crippen LogP contribution < -0.4 is 5.32 Å². The second-order valence-corrected chi connectivity index (χ2v) is 6.49. The molecular formula is C16H31F3IN3O. The summed E-state index contributed by atoms with van der Waals surface area (Å²) in [5, 5.41) is 3.27. The molecule has 0 spiro atoms. The monoisotopic (exact) mass is 465 g/mol. The zero-order valence-corrected chi connectivity index (χ0v) is 17.2. The number of aliphatic imine (C=N–C) groups is 1. The van der Waals surface area contributed by atoms with Gasteiger partial charge in [-0.15, -0.1) is 24.0 Å². The van der Waals surface area contributed by atoms with E-state index in [0.29, 0.717) is 24.8 Å². The van der Waals surface area contributed by atoms with Gasteiger partial charge in [-0.3, -0.25) is 4.99 Å². The van der Waals surface area contributed by atoms with Gasteiger partial charge in [0.05, 0.1) is 0 Å². The smallest absolute Gasteiger partial charge is 0.372 e. The second kappa shape index (κ2) is 12.2. The maximum Gasteiger partial charge on any atom is 0.411 e. The van der Waals surface area contributed by atoms with E-state index >= 15 is 0 Å². The molecule has 24 heavy (non-hydrogen) atoms. The van der Waals surface area contributed by atoms with Crippen LogP contribution in [-0.4, -0.2) is 56.4 Å². The zero-order chi connectivity index (χ0) is 17.3. The molecule has 0 amide bonds. The van der Waals surface area contributed by atoms with E-state index in [2.05, 4.69) is 33.8 Å². The normalized spacial score (nSPS) is 18.9. The molecule has 0 aromatic carbocycles. The number of alkyl halides is 3. The van der Waals surface area contributed by atoms with Crippen LogP contribution in [0.1, 0.15) is 40.0 Å². The van der Waals surface area contributed by atoms with E-state index in [4.69, 9.17) is 0 Å². The lowest BCUT2D eigenvalue weighted by atomic mass is 9.97. The first kappa shape index (κ1) is 23.8. The average Bonchev–Trinajstić information content (AvgIpc) is 2.87. The molecule has 4 nitrogen and oxygen atoms in total. The number of nitrogens with one attached hydrogen (secondary N) is 1. The van der Waals surface area contributed by atoms with Crippen molar-refractivity contribution in [1.82, 2.24) is 10.2 Å². The van der Waals surface area contributed by atoms with Gasteiger partial charge in [-0.2, -0.15) is 13.2 Å². The first-order valence-corrected chi connectivity index (χ1v) is 8.49. The molecule has 1 saturated heterocycles. The molecule has 1 aliphatic rings. The van der Waals surface area contributed by atoms with Crippen molar-refractivity contribution < 1.29 is 17.9 Å². The molecule has 1 fully saturated rings. The van der Waals surface area contributed by atoms with Crippen LogP contribution in [0, 0.1) is 11.8 Å². The molecule has 0 radical (unpaired) electrons. The summed E-state index contributed by atoms with van der Waals surface area (Å²) in [5.74, 6) is 2.27. The van der Waals surface area contributed by atoms with Gasteiger partial charge in [0.15, 0.2) is 5.96 Å². The summed E-state index contributed by atoms with van der Waals surface area (Å²) in [6.07, 6.45) is -1.36. The van der Waals surface area contributed by atoms with Crippen molar-refractivity contribution in [2.45, 2.75) is 46.2 Å². The Balaban J connectivity index is 0.00000529. The van der Waals surface area contributed by atoms with E-state index < -0.39 is 12.8 Å². The van der Waals surface area contributed by atoms with Crippen LogP contribution in [0.3, 0.4) is 0 Å². The Morgan fingerprint density at radius 1 is 1.38 bits per heavy atom. The van der Waals surface area contributed by atoms with Gasteiger partial charge in [-0.1, -0.05) is 13.8 Å². The minimum absolute atomic E-state index is 0. The van der Waals surface area contributed by atoms with Crippen LogP contribution in [0.25, 0.3) is 0 Å². The molecule has 0 aromatic rings. The number of hydrogen-bond acceptors (Lipinski definition) is 2. The van der Waals surface area contributed by atoms with Gasteiger partial charge >= 0.3 is 6.18 Å². The highest BCUT2D eigenvalue weighted by Crippen LogP contribution is 2.23. The van der Waals surface area contributed by atoms with E-state index in [0.717, 1.165) is 25.6 Å². The van der Waals surface area contributed by atoms with Gasteiger partial charge in [-0.05, 0) is 38.0 Å². The molecule has 0 saturated carbocycles. The number of nitrogens with zero attached hydrogens (tertiary/aromatic N) is 2. The Morgan fingerprint density at radius 2 is 2.08 bits per heavy atom. The van der Waals surface area contributed by atoms with Gasteiger partial charge in [0.2, 0.25) is 0 Å². The van der Waals surface area contributed by atoms with Crippen LogP contribution >= 0.6 is 24.0 Å². The van der Waals surface area contributed by atoms with Crippen molar-refractivity contribution >= 4 is 29.9 Å². The van der Waals surface area contributed by atoms with Gasteiger partial charge in [-0.25, -0.2) is 0 Å². The third-order valence-electron chi connectivity index (χ3n) is 3.70. The number of ether oxygens (including phenoxy) is 1. The molecular weight excluding hydrogens is 434 g/mol. The highest BCUT2D eigenvalue weighted by atomic mass is 127. The topological polar surface area (TPSA) is 36.9 Å². The fraction of sp³-hybridized carbons (Fsp3) is 0.938. The Bertz CT molecular complexity index is 365. The second-order valence-electron chi connectivity index (χ2n) is 6.49. The van der Waals surface area contributed by atoms with Crippen LogP contribution in [0.4, 0.5) is 13.2 Å². The SMILES string of the molecule is CCNC(=NCCCOCC(F)(F)F)N1CCC(CC(C)C)C1.I. The van der Waals surface area contributed by atoms with Crippen molar-refractivity contribution in [3.8, 4) is 0 Å². The summed E-state index contributed by atoms with van der Waals surface area (Å²) < 4.78 is 40.5. The quantitative estimate of drug-likeness (QED) is 0.256. The van der Waals surface area contributed by atoms with Crippen LogP contribution in [-0.2, 0) is 4.74 Å². The largest absolute Gasteiger partial charge is 0.411 e. The van der Waals surface area contributed by atoms with Gasteiger partial charge in [0, 0.05) is 32.8 Å². The lowest BCUT2D eigenvalue weighted by Gasteiger charge is -2.22. The minimum atomic E-state index is -4.25. The number of guanidine groups is 1. The Morgan fingerprint density at radius 3 is 2.67 bits per heavy atom. The van der Waals surface area contributed by atoms with Gasteiger partial charge < -0.3 is 15.0 Å². The van der Waals surface area contributed by atoms with E-state index in [9.17, 15) is 13.2 Å². The third-order valence-corrected chi connectivity index (χ3v) is 3.70. The molecule has 1 N–H and O–H groups in total. The Kier molecular flexibility index (Phi) is 12.0. The summed E-state index contributed by atoms with van der Waals surface area (Å²) in [6.45, 7) is 8.66. The molecule has 144 valence electrons. The van der Waals surface area contributed by atoms with Crippen molar-refractivity contribution in [3.05, 3.63) is 0 Å². The summed E-state index contributed by atoms with van der Waals surface area (Å²) in [5.41, 5.74) is 0. The van der Waals surface area contributed by atoms with E-state index in [-0.39, 0.29) is 30.6 Å². The summed E-state index contributed by atoms with van der Waals surface area (Å²) in [7, 11) is 0. The predicted molar refractivity (Wildman–Crippen MR) is 102 cm³/mol. The highest BCUT2D eigenvalue weighted by Gasteiger charge is 2.27.